The molecule has 0 heteroatoms. The molecule has 0 aromatic heterocycles. The van der Waals surface area contributed by atoms with Crippen molar-refractivity contribution < 1.29 is 0 Å². The molecule has 0 heterocycles. The Balaban J connectivity index is 3.59. The summed E-state index contributed by atoms with van der Waals surface area (Å²) >= 11 is 0. The van der Waals surface area contributed by atoms with Crippen molar-refractivity contribution in [2.45, 2.75) is 26.7 Å². The van der Waals surface area contributed by atoms with Crippen LogP contribution in [0.15, 0.2) is 36.5 Å². The molecular formula is C10H16. The predicted molar refractivity (Wildman–Crippen MR) is 48.0 cm³/mol. The molecule has 0 nitrogen and oxygen atoms in total. The minimum Gasteiger partial charge on any atom is -0.0988 e. The Morgan fingerprint density at radius 2 is 2.20 bits per heavy atom. The summed E-state index contributed by atoms with van der Waals surface area (Å²) in [5, 5.41) is 0. The third kappa shape index (κ3) is 5.36. The van der Waals surface area contributed by atoms with E-state index in [1.54, 1.807) is 0 Å². The molecular weight excluding hydrogens is 120 g/mol. The minimum absolute atomic E-state index is 1.17. The van der Waals surface area contributed by atoms with Gasteiger partial charge in [0, 0.05) is 0 Å². The van der Waals surface area contributed by atoms with Crippen molar-refractivity contribution in [1.82, 2.24) is 0 Å². The zero-order valence-corrected chi connectivity index (χ0v) is 6.93. The van der Waals surface area contributed by atoms with E-state index >= 15 is 0 Å². The maximum absolute atomic E-state index is 3.66. The lowest BCUT2D eigenvalue weighted by Crippen LogP contribution is -1.63. The van der Waals surface area contributed by atoms with E-state index in [0.717, 1.165) is 0 Å². The van der Waals surface area contributed by atoms with Crippen molar-refractivity contribution in [1.29, 1.82) is 0 Å². The normalized spacial score (nSPS) is 12.4. The molecule has 0 spiro atoms. The Morgan fingerprint density at radius 3 is 2.70 bits per heavy atom. The molecule has 0 unspecified atom stereocenters. The highest BCUT2D eigenvalue weighted by Gasteiger charge is 1.73. The van der Waals surface area contributed by atoms with Crippen LogP contribution < -0.4 is 0 Å². The molecule has 0 aliphatic carbocycles. The molecule has 0 saturated heterocycles. The highest BCUT2D eigenvalue weighted by atomic mass is 13.8. The number of hydrogen-bond donors (Lipinski definition) is 0. The summed E-state index contributed by atoms with van der Waals surface area (Å²) < 4.78 is 0. The molecule has 0 bridgehead atoms. The van der Waals surface area contributed by atoms with Gasteiger partial charge in [0.15, 0.2) is 0 Å². The lowest BCUT2D eigenvalue weighted by atomic mass is 10.2. The quantitative estimate of drug-likeness (QED) is 0.519. The Morgan fingerprint density at radius 1 is 1.50 bits per heavy atom. The van der Waals surface area contributed by atoms with Crippen LogP contribution in [0.5, 0.6) is 0 Å². The third-order valence-corrected chi connectivity index (χ3v) is 1.27. The van der Waals surface area contributed by atoms with Crippen LogP contribution in [0.25, 0.3) is 0 Å². The van der Waals surface area contributed by atoms with E-state index < -0.39 is 0 Å². The van der Waals surface area contributed by atoms with Gasteiger partial charge in [-0.15, -0.1) is 0 Å². The van der Waals surface area contributed by atoms with E-state index in [0.29, 0.717) is 0 Å². The number of allylic oxidation sites excluding steroid dienone is 5. The highest BCUT2D eigenvalue weighted by Crippen LogP contribution is 1.94. The molecule has 56 valence electrons. The van der Waals surface area contributed by atoms with Crippen molar-refractivity contribution in [2.24, 2.45) is 0 Å². The molecule has 0 radical (unpaired) electrons. The molecule has 0 aliphatic heterocycles. The first-order chi connectivity index (χ1) is 4.81. The molecule has 0 aromatic carbocycles. The number of rotatable bonds is 4. The molecule has 0 saturated carbocycles. The summed E-state index contributed by atoms with van der Waals surface area (Å²) in [6, 6.07) is 0. The van der Waals surface area contributed by atoms with E-state index in [1.807, 2.05) is 13.0 Å². The first-order valence-corrected chi connectivity index (χ1v) is 3.77. The molecule has 0 fully saturated rings. The maximum Gasteiger partial charge on any atom is -0.0350 e. The Kier molecular flexibility index (Phi) is 5.85. The third-order valence-electron chi connectivity index (χ3n) is 1.27. The van der Waals surface area contributed by atoms with Gasteiger partial charge in [-0.1, -0.05) is 49.8 Å². The van der Waals surface area contributed by atoms with Gasteiger partial charge in [0.1, 0.15) is 0 Å². The monoisotopic (exact) mass is 136 g/mol. The van der Waals surface area contributed by atoms with Crippen molar-refractivity contribution in [3.05, 3.63) is 36.5 Å². The van der Waals surface area contributed by atoms with Crippen LogP contribution in [-0.4, -0.2) is 0 Å². The lowest BCUT2D eigenvalue weighted by Gasteiger charge is -1.84. The molecule has 0 aliphatic rings. The van der Waals surface area contributed by atoms with E-state index in [4.69, 9.17) is 0 Å². The zero-order chi connectivity index (χ0) is 7.82. The lowest BCUT2D eigenvalue weighted by molar-refractivity contribution is 0.959. The summed E-state index contributed by atoms with van der Waals surface area (Å²) in [6.45, 7) is 7.88. The summed E-state index contributed by atoms with van der Waals surface area (Å²) in [7, 11) is 0. The Labute approximate surface area is 64.0 Å². The molecule has 0 rings (SSSR count). The zero-order valence-electron chi connectivity index (χ0n) is 6.93. The van der Waals surface area contributed by atoms with E-state index in [-0.39, 0.29) is 0 Å². The van der Waals surface area contributed by atoms with Gasteiger partial charge in [-0.05, 0) is 13.3 Å². The first-order valence-electron chi connectivity index (χ1n) is 3.77. The highest BCUT2D eigenvalue weighted by molar-refractivity contribution is 5.19. The summed E-state index contributed by atoms with van der Waals surface area (Å²) in [4.78, 5) is 0. The predicted octanol–water partition coefficient (Wildman–Crippen LogP) is 3.48. The van der Waals surface area contributed by atoms with Gasteiger partial charge in [-0.2, -0.15) is 0 Å². The van der Waals surface area contributed by atoms with Crippen LogP contribution in [-0.2, 0) is 0 Å². The van der Waals surface area contributed by atoms with Gasteiger partial charge in [0.25, 0.3) is 0 Å². The second-order valence-corrected chi connectivity index (χ2v) is 2.33. The smallest absolute Gasteiger partial charge is 0.0350 e. The van der Waals surface area contributed by atoms with Gasteiger partial charge in [0.05, 0.1) is 0 Å². The molecule has 0 aromatic rings. The van der Waals surface area contributed by atoms with Crippen molar-refractivity contribution in [3.8, 4) is 0 Å². The fraction of sp³-hybridized carbons (Fsp3) is 0.400. The van der Waals surface area contributed by atoms with Crippen molar-refractivity contribution in [3.63, 3.8) is 0 Å². The van der Waals surface area contributed by atoms with E-state index in [9.17, 15) is 0 Å². The van der Waals surface area contributed by atoms with Crippen molar-refractivity contribution >= 4 is 0 Å². The topological polar surface area (TPSA) is 0 Å². The Hall–Kier alpha value is -0.780. The van der Waals surface area contributed by atoms with Crippen LogP contribution in [0.1, 0.15) is 26.7 Å². The summed E-state index contributed by atoms with van der Waals surface area (Å²) in [5.74, 6) is 0. The van der Waals surface area contributed by atoms with Gasteiger partial charge in [-0.25, -0.2) is 0 Å². The van der Waals surface area contributed by atoms with Crippen LogP contribution >= 0.6 is 0 Å². The average Bonchev–Trinajstić information content (AvgIpc) is 1.98. The van der Waals surface area contributed by atoms with E-state index in [2.05, 4.69) is 31.7 Å². The Bertz CT molecular complexity index is 138. The maximum atomic E-state index is 3.66. The number of unbranched alkanes of at least 4 members (excludes halogenated alkanes) is 1. The second kappa shape index (κ2) is 6.34. The van der Waals surface area contributed by atoms with Crippen LogP contribution in [0, 0.1) is 0 Å². The fourth-order valence-corrected chi connectivity index (χ4v) is 0.551. The van der Waals surface area contributed by atoms with Crippen LogP contribution in [0.3, 0.4) is 0 Å². The second-order valence-electron chi connectivity index (χ2n) is 2.33. The fourth-order valence-electron chi connectivity index (χ4n) is 0.551. The van der Waals surface area contributed by atoms with Crippen LogP contribution in [0.2, 0.25) is 0 Å². The van der Waals surface area contributed by atoms with Gasteiger partial charge in [-0.3, -0.25) is 0 Å². The molecule has 0 atom stereocenters. The average molecular weight is 136 g/mol. The van der Waals surface area contributed by atoms with Gasteiger partial charge < -0.3 is 0 Å². The van der Waals surface area contributed by atoms with Crippen molar-refractivity contribution in [2.75, 3.05) is 0 Å². The van der Waals surface area contributed by atoms with Crippen LogP contribution in [0.4, 0.5) is 0 Å². The molecule has 10 heavy (non-hydrogen) atoms. The molecule has 0 amide bonds. The SMILES string of the molecule is C=C/C(C)=C\C=C/CCC. The molecule has 0 N–H and O–H groups in total. The van der Waals surface area contributed by atoms with Gasteiger partial charge in [0.2, 0.25) is 0 Å². The largest absolute Gasteiger partial charge is 0.0988 e. The number of hydrogen-bond acceptors (Lipinski definition) is 0. The summed E-state index contributed by atoms with van der Waals surface area (Å²) in [5.41, 5.74) is 1.22. The first kappa shape index (κ1) is 9.22. The standard InChI is InChI=1S/C10H16/c1-4-6-7-8-9-10(3)5-2/h5,7-9H,2,4,6H2,1,3H3/b8-7-,10-9-. The summed E-state index contributed by atoms with van der Waals surface area (Å²) in [6.07, 6.45) is 10.6. The van der Waals surface area contributed by atoms with E-state index in [1.165, 1.54) is 18.4 Å². The minimum atomic E-state index is 1.17. The van der Waals surface area contributed by atoms with Gasteiger partial charge >= 0.3 is 0 Å².